The Labute approximate surface area is 204 Å². The Morgan fingerprint density at radius 1 is 1.03 bits per heavy atom. The highest BCUT2D eigenvalue weighted by atomic mass is 16.5. The number of carboxylic acid groups (broad SMARTS) is 1. The second-order valence-electron chi connectivity index (χ2n) is 8.22. The lowest BCUT2D eigenvalue weighted by molar-refractivity contribution is -0.140. The van der Waals surface area contributed by atoms with E-state index in [1.54, 1.807) is 6.92 Å². The smallest absolute Gasteiger partial charge is 0.407 e. The van der Waals surface area contributed by atoms with E-state index in [-0.39, 0.29) is 38.5 Å². The number of carboxylic acids is 1. The number of hydrogen-bond acceptors (Lipinski definition) is 6. The van der Waals surface area contributed by atoms with Gasteiger partial charge < -0.3 is 30.0 Å². The number of benzene rings is 2. The van der Waals surface area contributed by atoms with Crippen molar-refractivity contribution in [3.8, 4) is 11.1 Å². The standard InChI is InChI=1S/C26H32N2O7/c1-3-34-17(14-24(29)30)15-27-25(31)23(12-13-33-2)28-26(32)35-16-22-20-10-6-4-8-18(20)19-9-5-7-11-21(19)22/h4-11,17,22-23H,3,12-16H2,1-2H3,(H,27,31)(H,28,32)(H,29,30). The molecule has 0 spiro atoms. The van der Waals surface area contributed by atoms with Gasteiger partial charge in [0.05, 0.1) is 12.5 Å². The number of hydrogen-bond donors (Lipinski definition) is 3. The summed E-state index contributed by atoms with van der Waals surface area (Å²) in [4.78, 5) is 36.4. The number of ether oxygens (including phenoxy) is 3. The van der Waals surface area contributed by atoms with E-state index in [9.17, 15) is 14.4 Å². The van der Waals surface area contributed by atoms with Gasteiger partial charge in [-0.1, -0.05) is 48.5 Å². The second-order valence-corrected chi connectivity index (χ2v) is 8.22. The van der Waals surface area contributed by atoms with Crippen LogP contribution in [0.5, 0.6) is 0 Å². The SMILES string of the molecule is CCOC(CNC(=O)C(CCOC)NC(=O)OCC1c2ccccc2-c2ccccc21)CC(=O)O. The van der Waals surface area contributed by atoms with E-state index in [1.807, 2.05) is 36.4 Å². The van der Waals surface area contributed by atoms with Crippen LogP contribution in [0.4, 0.5) is 4.79 Å². The largest absolute Gasteiger partial charge is 0.481 e. The minimum Gasteiger partial charge on any atom is -0.481 e. The van der Waals surface area contributed by atoms with Gasteiger partial charge in [0.25, 0.3) is 0 Å². The number of carbonyl (C=O) groups is 3. The molecule has 0 saturated carbocycles. The zero-order chi connectivity index (χ0) is 25.2. The molecular formula is C26H32N2O7. The number of methoxy groups -OCH3 is 1. The summed E-state index contributed by atoms with van der Waals surface area (Å²) in [6.45, 7) is 2.44. The molecule has 9 heteroatoms. The third-order valence-electron chi connectivity index (χ3n) is 5.87. The van der Waals surface area contributed by atoms with Gasteiger partial charge in [-0.15, -0.1) is 0 Å². The molecule has 0 bridgehead atoms. The molecule has 2 amide bonds. The highest BCUT2D eigenvalue weighted by Gasteiger charge is 2.30. The Hall–Kier alpha value is -3.43. The molecule has 9 nitrogen and oxygen atoms in total. The number of aliphatic carboxylic acids is 1. The molecule has 35 heavy (non-hydrogen) atoms. The number of fused-ring (bicyclic) bond motifs is 3. The first kappa shape index (κ1) is 26.2. The molecule has 3 N–H and O–H groups in total. The summed E-state index contributed by atoms with van der Waals surface area (Å²) >= 11 is 0. The first-order chi connectivity index (χ1) is 16.9. The third-order valence-corrected chi connectivity index (χ3v) is 5.87. The van der Waals surface area contributed by atoms with Crippen LogP contribution in [0.3, 0.4) is 0 Å². The van der Waals surface area contributed by atoms with Crippen molar-refractivity contribution in [2.24, 2.45) is 0 Å². The molecule has 0 saturated heterocycles. The quantitative estimate of drug-likeness (QED) is 0.399. The number of rotatable bonds is 13. The first-order valence-electron chi connectivity index (χ1n) is 11.7. The van der Waals surface area contributed by atoms with Crippen molar-refractivity contribution in [1.29, 1.82) is 0 Å². The molecule has 0 heterocycles. The number of carbonyl (C=O) groups excluding carboxylic acids is 2. The van der Waals surface area contributed by atoms with Gasteiger partial charge in [-0.2, -0.15) is 0 Å². The van der Waals surface area contributed by atoms with Gasteiger partial charge in [-0.25, -0.2) is 4.79 Å². The highest BCUT2D eigenvalue weighted by Crippen LogP contribution is 2.44. The fourth-order valence-electron chi connectivity index (χ4n) is 4.24. The summed E-state index contributed by atoms with van der Waals surface area (Å²) in [5, 5.41) is 14.3. The van der Waals surface area contributed by atoms with E-state index in [4.69, 9.17) is 19.3 Å². The van der Waals surface area contributed by atoms with Gasteiger partial charge in [0, 0.05) is 39.2 Å². The fraction of sp³-hybridized carbons (Fsp3) is 0.423. The van der Waals surface area contributed by atoms with Crippen LogP contribution >= 0.6 is 0 Å². The Kier molecular flexibility index (Phi) is 9.63. The highest BCUT2D eigenvalue weighted by molar-refractivity contribution is 5.85. The molecule has 0 aliphatic heterocycles. The van der Waals surface area contributed by atoms with Crippen LogP contribution in [0.2, 0.25) is 0 Å². The van der Waals surface area contributed by atoms with Gasteiger partial charge in [-0.3, -0.25) is 9.59 Å². The molecule has 0 radical (unpaired) electrons. The first-order valence-corrected chi connectivity index (χ1v) is 11.7. The van der Waals surface area contributed by atoms with Gasteiger partial charge in [0.1, 0.15) is 12.6 Å². The van der Waals surface area contributed by atoms with Crippen molar-refractivity contribution in [3.63, 3.8) is 0 Å². The van der Waals surface area contributed by atoms with Crippen molar-refractivity contribution >= 4 is 18.0 Å². The van der Waals surface area contributed by atoms with Gasteiger partial charge in [0.2, 0.25) is 5.91 Å². The van der Waals surface area contributed by atoms with Crippen molar-refractivity contribution in [1.82, 2.24) is 10.6 Å². The molecule has 1 aliphatic rings. The summed E-state index contributed by atoms with van der Waals surface area (Å²) < 4.78 is 16.0. The van der Waals surface area contributed by atoms with Crippen molar-refractivity contribution in [3.05, 3.63) is 59.7 Å². The van der Waals surface area contributed by atoms with E-state index in [2.05, 4.69) is 22.8 Å². The molecule has 0 aromatic heterocycles. The lowest BCUT2D eigenvalue weighted by Gasteiger charge is -2.21. The fourth-order valence-corrected chi connectivity index (χ4v) is 4.24. The molecule has 2 atom stereocenters. The van der Waals surface area contributed by atoms with E-state index < -0.39 is 30.1 Å². The predicted molar refractivity (Wildman–Crippen MR) is 129 cm³/mol. The van der Waals surface area contributed by atoms with Crippen LogP contribution in [0.1, 0.15) is 36.8 Å². The van der Waals surface area contributed by atoms with Gasteiger partial charge in [0.15, 0.2) is 0 Å². The Morgan fingerprint density at radius 2 is 1.66 bits per heavy atom. The molecule has 188 valence electrons. The lowest BCUT2D eigenvalue weighted by atomic mass is 9.98. The maximum Gasteiger partial charge on any atom is 0.407 e. The molecule has 0 fully saturated rings. The summed E-state index contributed by atoms with van der Waals surface area (Å²) in [5.41, 5.74) is 4.44. The topological polar surface area (TPSA) is 123 Å². The Balaban J connectivity index is 1.59. The summed E-state index contributed by atoms with van der Waals surface area (Å²) in [5.74, 6) is -1.58. The normalized spacial score (nSPS) is 13.9. The van der Waals surface area contributed by atoms with E-state index in [0.29, 0.717) is 6.61 Å². The van der Waals surface area contributed by atoms with Crippen LogP contribution in [0, 0.1) is 0 Å². The van der Waals surface area contributed by atoms with E-state index in [1.165, 1.54) is 7.11 Å². The van der Waals surface area contributed by atoms with E-state index in [0.717, 1.165) is 22.3 Å². The summed E-state index contributed by atoms with van der Waals surface area (Å²) in [6.07, 6.45) is -1.39. The second kappa shape index (κ2) is 12.9. The average molecular weight is 485 g/mol. The van der Waals surface area contributed by atoms with Crippen LogP contribution in [0.25, 0.3) is 11.1 Å². The minimum absolute atomic E-state index is 0.00876. The average Bonchev–Trinajstić information content (AvgIpc) is 3.17. The maximum atomic E-state index is 12.7. The molecule has 2 aromatic carbocycles. The van der Waals surface area contributed by atoms with E-state index >= 15 is 0 Å². The Morgan fingerprint density at radius 3 is 2.23 bits per heavy atom. The summed E-state index contributed by atoms with van der Waals surface area (Å²) in [6, 6.07) is 15.2. The minimum atomic E-state index is -1.02. The molecular weight excluding hydrogens is 452 g/mol. The molecule has 1 aliphatic carbocycles. The van der Waals surface area contributed by atoms with Crippen molar-refractivity contribution < 1.29 is 33.7 Å². The van der Waals surface area contributed by atoms with Crippen LogP contribution in [-0.2, 0) is 23.8 Å². The molecule has 2 unspecified atom stereocenters. The summed E-state index contributed by atoms with van der Waals surface area (Å²) in [7, 11) is 1.50. The van der Waals surface area contributed by atoms with Crippen LogP contribution in [0.15, 0.2) is 48.5 Å². The van der Waals surface area contributed by atoms with Crippen molar-refractivity contribution in [2.75, 3.05) is 33.5 Å². The lowest BCUT2D eigenvalue weighted by Crippen LogP contribution is -2.49. The zero-order valence-corrected chi connectivity index (χ0v) is 20.0. The number of alkyl carbamates (subject to hydrolysis) is 1. The molecule has 3 rings (SSSR count). The van der Waals surface area contributed by atoms with Crippen molar-refractivity contribution in [2.45, 2.75) is 37.8 Å². The monoisotopic (exact) mass is 484 g/mol. The zero-order valence-electron chi connectivity index (χ0n) is 20.0. The van der Waals surface area contributed by atoms with Crippen LogP contribution in [-0.4, -0.2) is 68.7 Å². The number of amides is 2. The van der Waals surface area contributed by atoms with Crippen LogP contribution < -0.4 is 10.6 Å². The number of nitrogens with one attached hydrogen (secondary N) is 2. The van der Waals surface area contributed by atoms with Gasteiger partial charge in [-0.05, 0) is 29.2 Å². The molecule has 2 aromatic rings. The predicted octanol–water partition coefficient (Wildman–Crippen LogP) is 2.93. The van der Waals surface area contributed by atoms with Gasteiger partial charge >= 0.3 is 12.1 Å². The third kappa shape index (κ3) is 7.03. The Bertz CT molecular complexity index is 981. The maximum absolute atomic E-state index is 12.7.